The maximum Gasteiger partial charge on any atom is 0.309 e. The number of hydrogen-bond acceptors (Lipinski definition) is 3. The molecule has 18 heavy (non-hydrogen) atoms. The van der Waals surface area contributed by atoms with E-state index in [1.165, 1.54) is 0 Å². The summed E-state index contributed by atoms with van der Waals surface area (Å²) in [6, 6.07) is 0. The molecule has 0 amide bonds. The molecule has 2 aliphatic rings. The van der Waals surface area contributed by atoms with Gasteiger partial charge in [-0.05, 0) is 36.7 Å². The van der Waals surface area contributed by atoms with Crippen molar-refractivity contribution in [3.8, 4) is 0 Å². The van der Waals surface area contributed by atoms with Crippen LogP contribution in [-0.2, 0) is 14.3 Å². The van der Waals surface area contributed by atoms with Gasteiger partial charge in [-0.15, -0.1) is 0 Å². The Labute approximate surface area is 110 Å². The Morgan fingerprint density at radius 1 is 1.33 bits per heavy atom. The topological polar surface area (TPSA) is 38.8 Å². The summed E-state index contributed by atoms with van der Waals surface area (Å²) in [5, 5.41) is 0. The van der Waals surface area contributed by atoms with E-state index < -0.39 is 0 Å². The first kappa shape index (κ1) is 13.6. The minimum absolute atomic E-state index is 0.0203. The van der Waals surface area contributed by atoms with E-state index in [0.29, 0.717) is 24.7 Å². The van der Waals surface area contributed by atoms with E-state index in [2.05, 4.69) is 27.4 Å². The Bertz CT molecular complexity index is 353. The summed E-state index contributed by atoms with van der Waals surface area (Å²) in [5.74, 6) is 0.249. The SMILES string of the molecule is C=C(C)COC(=O)C1CC2OC2CC1C(C)(C)C. The van der Waals surface area contributed by atoms with Crippen LogP contribution in [0.4, 0.5) is 0 Å². The van der Waals surface area contributed by atoms with Crippen molar-refractivity contribution in [2.75, 3.05) is 6.61 Å². The van der Waals surface area contributed by atoms with E-state index >= 15 is 0 Å². The van der Waals surface area contributed by atoms with Gasteiger partial charge in [0.15, 0.2) is 0 Å². The van der Waals surface area contributed by atoms with Crippen LogP contribution in [0.15, 0.2) is 12.2 Å². The smallest absolute Gasteiger partial charge is 0.309 e. The summed E-state index contributed by atoms with van der Waals surface area (Å²) in [4.78, 5) is 12.2. The molecule has 2 fully saturated rings. The van der Waals surface area contributed by atoms with E-state index in [1.54, 1.807) is 0 Å². The first-order chi connectivity index (χ1) is 8.29. The molecule has 0 N–H and O–H groups in total. The lowest BCUT2D eigenvalue weighted by Crippen LogP contribution is -2.39. The highest BCUT2D eigenvalue weighted by atomic mass is 16.6. The van der Waals surface area contributed by atoms with Gasteiger partial charge in [0.2, 0.25) is 0 Å². The monoisotopic (exact) mass is 252 g/mol. The molecule has 0 spiro atoms. The lowest BCUT2D eigenvalue weighted by molar-refractivity contribution is -0.152. The number of carbonyl (C=O) groups is 1. The van der Waals surface area contributed by atoms with Crippen LogP contribution in [-0.4, -0.2) is 24.8 Å². The highest BCUT2D eigenvalue weighted by molar-refractivity contribution is 5.73. The minimum Gasteiger partial charge on any atom is -0.461 e. The fourth-order valence-electron chi connectivity index (χ4n) is 2.94. The van der Waals surface area contributed by atoms with Gasteiger partial charge in [0, 0.05) is 0 Å². The predicted molar refractivity (Wildman–Crippen MR) is 70.1 cm³/mol. The van der Waals surface area contributed by atoms with Crippen molar-refractivity contribution in [3.63, 3.8) is 0 Å². The molecule has 0 aromatic heterocycles. The number of carbonyl (C=O) groups excluding carboxylic acids is 1. The lowest BCUT2D eigenvalue weighted by atomic mass is 9.66. The van der Waals surface area contributed by atoms with Crippen LogP contribution in [0.2, 0.25) is 0 Å². The number of esters is 1. The minimum atomic E-state index is -0.0770. The van der Waals surface area contributed by atoms with E-state index in [0.717, 1.165) is 18.4 Å². The quantitative estimate of drug-likeness (QED) is 0.440. The largest absolute Gasteiger partial charge is 0.461 e. The maximum absolute atomic E-state index is 12.2. The summed E-state index contributed by atoms with van der Waals surface area (Å²) in [6.07, 6.45) is 2.49. The van der Waals surface area contributed by atoms with Crippen molar-refractivity contribution >= 4 is 5.97 Å². The number of fused-ring (bicyclic) bond motifs is 1. The van der Waals surface area contributed by atoms with E-state index in [-0.39, 0.29) is 17.3 Å². The Balaban J connectivity index is 2.02. The summed E-state index contributed by atoms with van der Waals surface area (Å²) in [5.41, 5.74) is 0.996. The zero-order valence-corrected chi connectivity index (χ0v) is 11.9. The van der Waals surface area contributed by atoms with Crippen LogP contribution >= 0.6 is 0 Å². The molecule has 3 nitrogen and oxygen atoms in total. The summed E-state index contributed by atoms with van der Waals surface area (Å²) < 4.78 is 10.9. The van der Waals surface area contributed by atoms with Crippen molar-refractivity contribution in [2.24, 2.45) is 17.3 Å². The average molecular weight is 252 g/mol. The maximum atomic E-state index is 12.2. The number of hydrogen-bond donors (Lipinski definition) is 0. The highest BCUT2D eigenvalue weighted by Crippen LogP contribution is 2.49. The van der Waals surface area contributed by atoms with Crippen molar-refractivity contribution < 1.29 is 14.3 Å². The van der Waals surface area contributed by atoms with Gasteiger partial charge in [0.1, 0.15) is 6.61 Å². The van der Waals surface area contributed by atoms with E-state index in [1.807, 2.05) is 6.92 Å². The molecule has 3 heteroatoms. The van der Waals surface area contributed by atoms with Gasteiger partial charge in [-0.2, -0.15) is 0 Å². The molecule has 1 heterocycles. The molecule has 0 radical (unpaired) electrons. The Morgan fingerprint density at radius 2 is 1.94 bits per heavy atom. The van der Waals surface area contributed by atoms with Crippen LogP contribution < -0.4 is 0 Å². The third-order valence-electron chi connectivity index (χ3n) is 4.02. The molecule has 1 aliphatic heterocycles. The van der Waals surface area contributed by atoms with Gasteiger partial charge >= 0.3 is 5.97 Å². The molecule has 1 saturated heterocycles. The third kappa shape index (κ3) is 2.94. The predicted octanol–water partition coefficient (Wildman–Crippen LogP) is 2.95. The van der Waals surface area contributed by atoms with Crippen molar-refractivity contribution in [1.82, 2.24) is 0 Å². The lowest BCUT2D eigenvalue weighted by Gasteiger charge is -2.37. The van der Waals surface area contributed by atoms with Crippen molar-refractivity contribution in [1.29, 1.82) is 0 Å². The number of ether oxygens (including phenoxy) is 2. The molecule has 0 aromatic carbocycles. The first-order valence-electron chi connectivity index (χ1n) is 6.75. The van der Waals surface area contributed by atoms with Crippen LogP contribution in [0.25, 0.3) is 0 Å². The van der Waals surface area contributed by atoms with Crippen LogP contribution in [0.3, 0.4) is 0 Å². The van der Waals surface area contributed by atoms with Gasteiger partial charge in [-0.3, -0.25) is 4.79 Å². The van der Waals surface area contributed by atoms with Crippen LogP contribution in [0, 0.1) is 17.3 Å². The normalized spacial score (nSPS) is 34.7. The summed E-state index contributed by atoms with van der Waals surface area (Å²) >= 11 is 0. The fourth-order valence-corrected chi connectivity index (χ4v) is 2.94. The average Bonchev–Trinajstić information content (AvgIpc) is 3.00. The molecule has 0 aromatic rings. The second-order valence-corrected chi connectivity index (χ2v) is 6.83. The zero-order chi connectivity index (χ0) is 13.5. The molecular formula is C15H24O3. The summed E-state index contributed by atoms with van der Waals surface area (Å²) in [7, 11) is 0. The number of rotatable bonds is 3. The van der Waals surface area contributed by atoms with Gasteiger partial charge in [0.25, 0.3) is 0 Å². The molecule has 4 atom stereocenters. The highest BCUT2D eigenvalue weighted by Gasteiger charge is 2.53. The zero-order valence-electron chi connectivity index (χ0n) is 11.9. The Morgan fingerprint density at radius 3 is 2.50 bits per heavy atom. The Hall–Kier alpha value is -0.830. The van der Waals surface area contributed by atoms with Crippen molar-refractivity contribution in [3.05, 3.63) is 12.2 Å². The second-order valence-electron chi connectivity index (χ2n) is 6.83. The standard InChI is InChI=1S/C15H24O3/c1-9(2)8-17-14(16)10-6-12-13(18-12)7-11(10)15(3,4)5/h10-13H,1,6-8H2,2-5H3. The number of epoxide rings is 1. The van der Waals surface area contributed by atoms with Crippen molar-refractivity contribution in [2.45, 2.75) is 52.7 Å². The molecule has 0 bridgehead atoms. The molecule has 1 saturated carbocycles. The molecule has 102 valence electrons. The third-order valence-corrected chi connectivity index (χ3v) is 4.02. The van der Waals surface area contributed by atoms with Gasteiger partial charge in [-0.25, -0.2) is 0 Å². The Kier molecular flexibility index (Phi) is 3.54. The first-order valence-corrected chi connectivity index (χ1v) is 6.75. The van der Waals surface area contributed by atoms with Crippen LogP contribution in [0.1, 0.15) is 40.5 Å². The molecule has 4 unspecified atom stereocenters. The van der Waals surface area contributed by atoms with Gasteiger partial charge in [-0.1, -0.05) is 27.4 Å². The summed E-state index contributed by atoms with van der Waals surface area (Å²) in [6.45, 7) is 12.5. The molecular weight excluding hydrogens is 228 g/mol. The van der Waals surface area contributed by atoms with E-state index in [4.69, 9.17) is 9.47 Å². The van der Waals surface area contributed by atoms with Gasteiger partial charge < -0.3 is 9.47 Å². The fraction of sp³-hybridized carbons (Fsp3) is 0.800. The van der Waals surface area contributed by atoms with E-state index in [9.17, 15) is 4.79 Å². The van der Waals surface area contributed by atoms with Crippen LogP contribution in [0.5, 0.6) is 0 Å². The van der Waals surface area contributed by atoms with Gasteiger partial charge in [0.05, 0.1) is 18.1 Å². The molecule has 1 aliphatic carbocycles. The molecule has 2 rings (SSSR count). The second kappa shape index (κ2) is 4.69.